The summed E-state index contributed by atoms with van der Waals surface area (Å²) in [4.78, 5) is 34.6. The molecule has 1 fully saturated rings. The average molecular weight is 357 g/mol. The number of nitrogens with zero attached hydrogens (tertiary/aromatic N) is 2. The van der Waals surface area contributed by atoms with Crippen molar-refractivity contribution in [2.24, 2.45) is 5.92 Å². The lowest BCUT2D eigenvalue weighted by Crippen LogP contribution is -2.50. The molecule has 0 bridgehead atoms. The van der Waals surface area contributed by atoms with Crippen LogP contribution in [0.3, 0.4) is 0 Å². The minimum atomic E-state index is -0.228. The molecule has 0 radical (unpaired) electrons. The Morgan fingerprint density at radius 1 is 1.27 bits per heavy atom. The summed E-state index contributed by atoms with van der Waals surface area (Å²) < 4.78 is 0. The van der Waals surface area contributed by atoms with Crippen molar-refractivity contribution in [3.63, 3.8) is 0 Å². The molecule has 6 heteroatoms. The van der Waals surface area contributed by atoms with Gasteiger partial charge in [-0.25, -0.2) is 4.98 Å². The fourth-order valence-corrected chi connectivity index (χ4v) is 3.32. The summed E-state index contributed by atoms with van der Waals surface area (Å²) in [6.45, 7) is 3.64. The Bertz CT molecular complexity index is 813. The summed E-state index contributed by atoms with van der Waals surface area (Å²) >= 11 is 0. The molecule has 1 heterocycles. The van der Waals surface area contributed by atoms with Crippen LogP contribution in [-0.2, 0) is 4.79 Å². The number of hydrogen-bond donors (Lipinski definition) is 2. The highest BCUT2D eigenvalue weighted by molar-refractivity contribution is 5.81. The molecule has 0 saturated heterocycles. The van der Waals surface area contributed by atoms with Crippen LogP contribution in [0.4, 0.5) is 0 Å². The number of hydrogen-bond acceptors (Lipinski definition) is 3. The quantitative estimate of drug-likeness (QED) is 0.672. The van der Waals surface area contributed by atoms with Gasteiger partial charge >= 0.3 is 0 Å². The maximum atomic E-state index is 12.8. The van der Waals surface area contributed by atoms with Gasteiger partial charge < -0.3 is 15.6 Å². The smallest absolute Gasteiger partial charge is 0.258 e. The van der Waals surface area contributed by atoms with E-state index in [1.54, 1.807) is 6.07 Å². The van der Waals surface area contributed by atoms with Crippen molar-refractivity contribution in [2.45, 2.75) is 51.5 Å². The molecule has 2 aromatic rings. The molecule has 1 aliphatic rings. The fourth-order valence-electron chi connectivity index (χ4n) is 3.32. The maximum absolute atomic E-state index is 12.8. The van der Waals surface area contributed by atoms with E-state index in [9.17, 15) is 9.59 Å². The number of rotatable bonds is 9. The number of amides is 1. The van der Waals surface area contributed by atoms with Gasteiger partial charge in [-0.1, -0.05) is 18.6 Å². The van der Waals surface area contributed by atoms with E-state index in [1.807, 2.05) is 30.0 Å². The molecule has 6 nitrogen and oxygen atoms in total. The molecule has 1 atom stereocenters. The van der Waals surface area contributed by atoms with E-state index in [2.05, 4.69) is 15.7 Å². The zero-order valence-electron chi connectivity index (χ0n) is 15.5. The van der Waals surface area contributed by atoms with Crippen LogP contribution in [0.25, 0.3) is 10.9 Å². The van der Waals surface area contributed by atoms with E-state index in [-0.39, 0.29) is 23.4 Å². The van der Waals surface area contributed by atoms with E-state index in [0.29, 0.717) is 23.3 Å². The molecule has 1 aliphatic carbocycles. The van der Waals surface area contributed by atoms with Crippen molar-refractivity contribution >= 4 is 16.8 Å². The van der Waals surface area contributed by atoms with Crippen LogP contribution in [-0.4, -0.2) is 33.9 Å². The molecule has 0 aliphatic heterocycles. The highest BCUT2D eigenvalue weighted by Gasteiger charge is 2.36. The topological polar surface area (TPSA) is 93.7 Å². The lowest BCUT2D eigenvalue weighted by Gasteiger charge is -2.29. The van der Waals surface area contributed by atoms with Gasteiger partial charge in [0.25, 0.3) is 5.56 Å². The van der Waals surface area contributed by atoms with E-state index in [1.165, 1.54) is 0 Å². The van der Waals surface area contributed by atoms with Crippen molar-refractivity contribution in [3.05, 3.63) is 40.4 Å². The van der Waals surface area contributed by atoms with Gasteiger partial charge in [-0.3, -0.25) is 9.59 Å². The normalized spacial score (nSPS) is 15.2. The summed E-state index contributed by atoms with van der Waals surface area (Å²) in [5.41, 5.74) is 4.40. The molecule has 0 spiro atoms. The van der Waals surface area contributed by atoms with E-state index >= 15 is 0 Å². The van der Waals surface area contributed by atoms with Crippen molar-refractivity contribution in [3.8, 4) is 0 Å². The average Bonchev–Trinajstić information content (AvgIpc) is 3.49. The molecule has 1 amide bonds. The predicted octanol–water partition coefficient (Wildman–Crippen LogP) is 2.02. The summed E-state index contributed by atoms with van der Waals surface area (Å²) in [5, 5.41) is 0.580. The number of aromatic amines is 1. The van der Waals surface area contributed by atoms with Gasteiger partial charge in [-0.2, -0.15) is 0 Å². The second kappa shape index (κ2) is 8.45. The molecule has 26 heavy (non-hydrogen) atoms. The SMILES string of the molecule is C[C@H](c1nc2ccccc2c(=O)[nH]1)N(CCCCCC[NH3+])C(=O)C1CC1. The first-order chi connectivity index (χ1) is 12.6. The van der Waals surface area contributed by atoms with Crippen molar-refractivity contribution in [2.75, 3.05) is 13.1 Å². The molecule has 1 saturated carbocycles. The van der Waals surface area contributed by atoms with E-state index in [4.69, 9.17) is 0 Å². The highest BCUT2D eigenvalue weighted by atomic mass is 16.2. The van der Waals surface area contributed by atoms with E-state index < -0.39 is 0 Å². The minimum Gasteiger partial charge on any atom is -0.358 e. The predicted molar refractivity (Wildman–Crippen MR) is 101 cm³/mol. The number of aromatic nitrogens is 2. The number of benzene rings is 1. The first kappa shape index (κ1) is 18.6. The zero-order chi connectivity index (χ0) is 18.5. The van der Waals surface area contributed by atoms with Gasteiger partial charge in [0.05, 0.1) is 23.5 Å². The van der Waals surface area contributed by atoms with Crippen LogP contribution >= 0.6 is 0 Å². The fraction of sp³-hybridized carbons (Fsp3) is 0.550. The molecule has 3 rings (SSSR count). The Labute approximate surface area is 153 Å². The van der Waals surface area contributed by atoms with Gasteiger partial charge in [0, 0.05) is 12.5 Å². The number of carbonyl (C=O) groups excluding carboxylic acids is 1. The number of quaternary nitrogens is 1. The number of carbonyl (C=O) groups is 1. The van der Waals surface area contributed by atoms with Gasteiger partial charge in [-0.15, -0.1) is 0 Å². The molecule has 140 valence electrons. The molecular weight excluding hydrogens is 328 g/mol. The number of para-hydroxylation sites is 1. The zero-order valence-corrected chi connectivity index (χ0v) is 15.5. The van der Waals surface area contributed by atoms with Gasteiger partial charge in [0.15, 0.2) is 0 Å². The molecular formula is C20H29N4O2+. The van der Waals surface area contributed by atoms with Crippen LogP contribution in [0, 0.1) is 5.92 Å². The Morgan fingerprint density at radius 3 is 2.73 bits per heavy atom. The largest absolute Gasteiger partial charge is 0.358 e. The maximum Gasteiger partial charge on any atom is 0.258 e. The van der Waals surface area contributed by atoms with Crippen molar-refractivity contribution < 1.29 is 10.5 Å². The lowest BCUT2D eigenvalue weighted by atomic mass is 10.1. The first-order valence-electron chi connectivity index (χ1n) is 9.70. The Kier molecular flexibility index (Phi) is 6.04. The second-order valence-corrected chi connectivity index (χ2v) is 7.22. The standard InChI is InChI=1S/C20H28N4O2/c1-14(18-22-17-9-5-4-8-16(17)19(25)23-18)24(20(26)15-10-11-15)13-7-3-2-6-12-21/h4-5,8-9,14-15H,2-3,6-7,10-13,21H2,1H3,(H,22,23,25)/p+1/t14-/m1/s1. The van der Waals surface area contributed by atoms with Crippen LogP contribution in [0.5, 0.6) is 0 Å². The molecule has 1 aromatic heterocycles. The molecule has 4 N–H and O–H groups in total. The highest BCUT2D eigenvalue weighted by Crippen LogP contribution is 2.33. The number of unbranched alkanes of at least 4 members (excludes halogenated alkanes) is 3. The molecule has 0 unspecified atom stereocenters. The third kappa shape index (κ3) is 4.30. The summed E-state index contributed by atoms with van der Waals surface area (Å²) in [5.74, 6) is 0.926. The Morgan fingerprint density at radius 2 is 2.00 bits per heavy atom. The van der Waals surface area contributed by atoms with Crippen LogP contribution in [0.2, 0.25) is 0 Å². The monoisotopic (exact) mass is 357 g/mol. The van der Waals surface area contributed by atoms with Gasteiger partial charge in [0.2, 0.25) is 5.91 Å². The summed E-state index contributed by atoms with van der Waals surface area (Å²) in [7, 11) is 0. The third-order valence-electron chi connectivity index (χ3n) is 5.10. The third-order valence-corrected chi connectivity index (χ3v) is 5.10. The van der Waals surface area contributed by atoms with Crippen molar-refractivity contribution in [1.29, 1.82) is 0 Å². The second-order valence-electron chi connectivity index (χ2n) is 7.22. The number of nitrogens with one attached hydrogen (secondary N) is 1. The number of fused-ring (bicyclic) bond motifs is 1. The molecule has 1 aromatic carbocycles. The summed E-state index contributed by atoms with van der Waals surface area (Å²) in [6, 6.07) is 7.08. The summed E-state index contributed by atoms with van der Waals surface area (Å²) in [6.07, 6.45) is 6.30. The lowest BCUT2D eigenvalue weighted by molar-refractivity contribution is -0.368. The van der Waals surface area contributed by atoms with Crippen LogP contribution < -0.4 is 11.3 Å². The first-order valence-corrected chi connectivity index (χ1v) is 9.70. The van der Waals surface area contributed by atoms with E-state index in [0.717, 1.165) is 45.1 Å². The van der Waals surface area contributed by atoms with Gasteiger partial charge in [0.1, 0.15) is 5.82 Å². The van der Waals surface area contributed by atoms with Gasteiger partial charge in [-0.05, 0) is 51.2 Å². The van der Waals surface area contributed by atoms with Crippen LogP contribution in [0.1, 0.15) is 57.3 Å². The van der Waals surface area contributed by atoms with Crippen LogP contribution in [0.15, 0.2) is 29.1 Å². The Balaban J connectivity index is 1.78. The van der Waals surface area contributed by atoms with Crippen molar-refractivity contribution in [1.82, 2.24) is 14.9 Å². The Hall–Kier alpha value is -2.21. The number of H-pyrrole nitrogens is 1. The minimum absolute atomic E-state index is 0.147.